The summed E-state index contributed by atoms with van der Waals surface area (Å²) in [4.78, 5) is 4.94. The van der Waals surface area contributed by atoms with Crippen LogP contribution in [0.3, 0.4) is 0 Å². The van der Waals surface area contributed by atoms with Gasteiger partial charge in [0.05, 0.1) is 27.1 Å². The van der Waals surface area contributed by atoms with Crippen LogP contribution in [0.5, 0.6) is 11.5 Å². The molecule has 154 valence electrons. The lowest BCUT2D eigenvalue weighted by Gasteiger charge is -2.09. The van der Waals surface area contributed by atoms with Gasteiger partial charge in [-0.15, -0.1) is 0 Å². The number of benzene rings is 2. The van der Waals surface area contributed by atoms with E-state index in [1.165, 1.54) is 0 Å². The molecule has 2 aromatic heterocycles. The molecule has 5 nitrogen and oxygen atoms in total. The van der Waals surface area contributed by atoms with Gasteiger partial charge in [0.25, 0.3) is 0 Å². The zero-order valence-electron chi connectivity index (χ0n) is 16.7. The number of fused-ring (bicyclic) bond motifs is 1. The minimum atomic E-state index is -3.28. The maximum absolute atomic E-state index is 12.1. The molecule has 0 atom stereocenters. The van der Waals surface area contributed by atoms with E-state index in [9.17, 15) is 8.42 Å². The van der Waals surface area contributed by atoms with Crippen molar-refractivity contribution in [3.63, 3.8) is 0 Å². The smallest absolute Gasteiger partial charge is 0.178 e. The number of aryl methyl sites for hydroxylation is 1. The molecule has 0 saturated heterocycles. The molecular formula is C23H21ClN2O3S. The van der Waals surface area contributed by atoms with Gasteiger partial charge in [-0.3, -0.25) is 4.40 Å². The molecule has 0 fully saturated rings. The molecule has 0 saturated carbocycles. The monoisotopic (exact) mass is 440 g/mol. The molecule has 2 heterocycles. The first-order chi connectivity index (χ1) is 14.4. The SMILES string of the molecule is CCc1nc2c(Cl)cccn2c1-c1ccc(Oc2cccc(S(=O)(=O)CC)c2)cc1. The zero-order chi connectivity index (χ0) is 21.3. The summed E-state index contributed by atoms with van der Waals surface area (Å²) in [5, 5.41) is 0.611. The van der Waals surface area contributed by atoms with Crippen molar-refractivity contribution in [2.45, 2.75) is 25.2 Å². The van der Waals surface area contributed by atoms with E-state index in [1.807, 2.05) is 47.0 Å². The molecule has 0 radical (unpaired) electrons. The Morgan fingerprint density at radius 2 is 1.77 bits per heavy atom. The van der Waals surface area contributed by atoms with Gasteiger partial charge in [-0.25, -0.2) is 13.4 Å². The van der Waals surface area contributed by atoms with E-state index >= 15 is 0 Å². The summed E-state index contributed by atoms with van der Waals surface area (Å²) < 4.78 is 32.1. The fourth-order valence-electron chi connectivity index (χ4n) is 3.35. The fourth-order valence-corrected chi connectivity index (χ4v) is 4.47. The number of ether oxygens (including phenoxy) is 1. The van der Waals surface area contributed by atoms with Crippen molar-refractivity contribution in [3.05, 3.63) is 77.6 Å². The molecule has 0 unspecified atom stereocenters. The van der Waals surface area contributed by atoms with Crippen LogP contribution in [-0.4, -0.2) is 23.6 Å². The number of hydrogen-bond acceptors (Lipinski definition) is 4. The van der Waals surface area contributed by atoms with E-state index in [0.29, 0.717) is 16.5 Å². The zero-order valence-corrected chi connectivity index (χ0v) is 18.2. The predicted octanol–water partition coefficient (Wildman–Crippen LogP) is 5.80. The highest BCUT2D eigenvalue weighted by Crippen LogP contribution is 2.31. The highest BCUT2D eigenvalue weighted by Gasteiger charge is 2.15. The standard InChI is InChI=1S/C23H21ClN2O3S/c1-3-21-22(26-14-6-9-20(24)23(26)25-21)16-10-12-17(13-11-16)29-18-7-5-8-19(15-18)30(27,28)4-2/h5-15H,3-4H2,1-2H3. The maximum Gasteiger partial charge on any atom is 0.178 e. The number of hydrogen-bond donors (Lipinski definition) is 0. The van der Waals surface area contributed by atoms with E-state index < -0.39 is 9.84 Å². The van der Waals surface area contributed by atoms with Crippen molar-refractivity contribution >= 4 is 27.1 Å². The Morgan fingerprint density at radius 3 is 2.47 bits per heavy atom. The maximum atomic E-state index is 12.1. The van der Waals surface area contributed by atoms with Crippen LogP contribution in [0.2, 0.25) is 5.02 Å². The number of nitrogens with zero attached hydrogens (tertiary/aromatic N) is 2. The minimum absolute atomic E-state index is 0.0498. The first-order valence-electron chi connectivity index (χ1n) is 9.69. The fraction of sp³-hybridized carbons (Fsp3) is 0.174. The molecule has 0 aliphatic heterocycles. The summed E-state index contributed by atoms with van der Waals surface area (Å²) in [7, 11) is -3.28. The summed E-state index contributed by atoms with van der Waals surface area (Å²) in [6.07, 6.45) is 2.73. The summed E-state index contributed by atoms with van der Waals surface area (Å²) in [5.74, 6) is 1.15. The van der Waals surface area contributed by atoms with E-state index in [0.717, 1.165) is 29.0 Å². The van der Waals surface area contributed by atoms with Gasteiger partial charge in [0.1, 0.15) is 11.5 Å². The van der Waals surface area contributed by atoms with Crippen LogP contribution in [0, 0.1) is 0 Å². The molecule has 4 aromatic rings. The van der Waals surface area contributed by atoms with E-state index in [4.69, 9.17) is 16.3 Å². The van der Waals surface area contributed by atoms with Gasteiger partial charge in [-0.1, -0.05) is 31.5 Å². The Hall–Kier alpha value is -2.83. The number of imidazole rings is 1. The number of halogens is 1. The van der Waals surface area contributed by atoms with Crippen LogP contribution in [-0.2, 0) is 16.3 Å². The topological polar surface area (TPSA) is 60.7 Å². The average molecular weight is 441 g/mol. The second kappa shape index (κ2) is 8.13. The number of rotatable bonds is 6. The lowest BCUT2D eigenvalue weighted by atomic mass is 10.1. The molecule has 2 aromatic carbocycles. The van der Waals surface area contributed by atoms with Gasteiger partial charge in [0, 0.05) is 11.8 Å². The van der Waals surface area contributed by atoms with Crippen LogP contribution in [0.25, 0.3) is 16.9 Å². The van der Waals surface area contributed by atoms with Crippen molar-refractivity contribution < 1.29 is 13.2 Å². The third kappa shape index (κ3) is 3.80. The van der Waals surface area contributed by atoms with Crippen molar-refractivity contribution in [1.29, 1.82) is 0 Å². The second-order valence-corrected chi connectivity index (χ2v) is 9.50. The van der Waals surface area contributed by atoms with Crippen LogP contribution in [0.15, 0.2) is 71.8 Å². The summed E-state index contributed by atoms with van der Waals surface area (Å²) in [6, 6.07) is 17.9. The predicted molar refractivity (Wildman–Crippen MR) is 119 cm³/mol. The molecule has 0 aliphatic rings. The molecule has 0 spiro atoms. The van der Waals surface area contributed by atoms with Crippen molar-refractivity contribution in [1.82, 2.24) is 9.38 Å². The van der Waals surface area contributed by atoms with E-state index in [2.05, 4.69) is 11.9 Å². The highest BCUT2D eigenvalue weighted by molar-refractivity contribution is 7.91. The molecule has 0 aliphatic carbocycles. The number of sulfone groups is 1. The van der Waals surface area contributed by atoms with Gasteiger partial charge in [-0.2, -0.15) is 0 Å². The molecule has 4 rings (SSSR count). The molecule has 30 heavy (non-hydrogen) atoms. The molecule has 0 N–H and O–H groups in total. The molecule has 0 bridgehead atoms. The Balaban J connectivity index is 1.66. The Bertz CT molecular complexity index is 1310. The summed E-state index contributed by atoms with van der Waals surface area (Å²) >= 11 is 6.31. The third-order valence-corrected chi connectivity index (χ3v) is 6.94. The molecular weight excluding hydrogens is 420 g/mol. The first-order valence-corrected chi connectivity index (χ1v) is 11.7. The van der Waals surface area contributed by atoms with Crippen molar-refractivity contribution in [2.75, 3.05) is 5.75 Å². The highest BCUT2D eigenvalue weighted by atomic mass is 35.5. The molecule has 7 heteroatoms. The van der Waals surface area contributed by atoms with Crippen molar-refractivity contribution in [3.8, 4) is 22.8 Å². The van der Waals surface area contributed by atoms with Gasteiger partial charge < -0.3 is 4.74 Å². The lowest BCUT2D eigenvalue weighted by molar-refractivity contribution is 0.481. The summed E-state index contributed by atoms with van der Waals surface area (Å²) in [5.41, 5.74) is 3.70. The second-order valence-electron chi connectivity index (χ2n) is 6.82. The van der Waals surface area contributed by atoms with Crippen LogP contribution >= 0.6 is 11.6 Å². The number of pyridine rings is 1. The van der Waals surface area contributed by atoms with Crippen molar-refractivity contribution in [2.24, 2.45) is 0 Å². The number of aromatic nitrogens is 2. The first kappa shape index (κ1) is 20.4. The van der Waals surface area contributed by atoms with Crippen LogP contribution in [0.4, 0.5) is 0 Å². The Labute approximate surface area is 180 Å². The van der Waals surface area contributed by atoms with Gasteiger partial charge in [0.2, 0.25) is 0 Å². The normalized spacial score (nSPS) is 11.7. The Morgan fingerprint density at radius 1 is 1.00 bits per heavy atom. The Kier molecular flexibility index (Phi) is 5.54. The third-order valence-electron chi connectivity index (χ3n) is 4.92. The van der Waals surface area contributed by atoms with Crippen LogP contribution in [0.1, 0.15) is 19.5 Å². The quantitative estimate of drug-likeness (QED) is 0.380. The van der Waals surface area contributed by atoms with Gasteiger partial charge >= 0.3 is 0 Å². The van der Waals surface area contributed by atoms with Gasteiger partial charge in [0.15, 0.2) is 15.5 Å². The lowest BCUT2D eigenvalue weighted by Crippen LogP contribution is -2.03. The molecule has 0 amide bonds. The minimum Gasteiger partial charge on any atom is -0.457 e. The largest absolute Gasteiger partial charge is 0.457 e. The van der Waals surface area contributed by atoms with E-state index in [-0.39, 0.29) is 10.6 Å². The van der Waals surface area contributed by atoms with Crippen LogP contribution < -0.4 is 4.74 Å². The van der Waals surface area contributed by atoms with Gasteiger partial charge in [-0.05, 0) is 61.0 Å². The van der Waals surface area contributed by atoms with E-state index in [1.54, 1.807) is 31.2 Å². The summed E-state index contributed by atoms with van der Waals surface area (Å²) in [6.45, 7) is 3.69. The average Bonchev–Trinajstić information content (AvgIpc) is 3.14.